The number of hydrogen-bond donors (Lipinski definition) is 3. The number of fused-ring (bicyclic) bond motifs is 5. The van der Waals surface area contributed by atoms with Crippen molar-refractivity contribution >= 4 is 49.6 Å². The largest absolute Gasteiger partial charge is 0.495 e. The lowest BCUT2D eigenvalue weighted by Gasteiger charge is -2.30. The summed E-state index contributed by atoms with van der Waals surface area (Å²) in [7, 11) is 1.61. The number of amides is 1. The van der Waals surface area contributed by atoms with Crippen LogP contribution >= 0.6 is 11.3 Å². The third kappa shape index (κ3) is 3.75. The van der Waals surface area contributed by atoms with Gasteiger partial charge in [0.1, 0.15) is 16.4 Å². The number of rotatable bonds is 3. The smallest absolute Gasteiger partial charge is 0.263 e. The van der Waals surface area contributed by atoms with Crippen molar-refractivity contribution in [1.29, 1.82) is 0 Å². The molecule has 4 heterocycles. The highest BCUT2D eigenvalue weighted by Gasteiger charge is 2.25. The molecule has 1 amide bonds. The molecule has 0 spiro atoms. The first-order valence-electron chi connectivity index (χ1n) is 11.8. The molecule has 9 heteroatoms. The number of methoxy groups -OCH3 is 1. The number of carbonyl (C=O) groups excluding carboxylic acids is 1. The molecule has 4 aromatic rings. The lowest BCUT2D eigenvalue weighted by molar-refractivity contribution is 0.0949. The Hall–Kier alpha value is -3.43. The number of anilines is 2. The van der Waals surface area contributed by atoms with E-state index in [4.69, 9.17) is 9.72 Å². The number of hydrogen-bond acceptors (Lipinski definition) is 7. The van der Waals surface area contributed by atoms with Gasteiger partial charge in [0, 0.05) is 65.9 Å². The minimum Gasteiger partial charge on any atom is -0.495 e. The Morgan fingerprint density at radius 1 is 1.17 bits per heavy atom. The second-order valence-electron chi connectivity index (χ2n) is 9.00. The third-order valence-electron chi connectivity index (χ3n) is 6.69. The number of thiophene rings is 1. The molecule has 2 aliphatic rings. The van der Waals surface area contributed by atoms with Crippen molar-refractivity contribution in [1.82, 2.24) is 15.6 Å². The van der Waals surface area contributed by atoms with Crippen molar-refractivity contribution in [3.63, 3.8) is 0 Å². The highest BCUT2D eigenvalue weighted by atomic mass is 32.1. The number of ether oxygens (including phenoxy) is 1. The van der Waals surface area contributed by atoms with E-state index in [2.05, 4.69) is 20.9 Å². The van der Waals surface area contributed by atoms with Crippen LogP contribution in [-0.4, -0.2) is 56.8 Å². The molecule has 0 bridgehead atoms. The molecule has 1 fully saturated rings. The van der Waals surface area contributed by atoms with Crippen LogP contribution in [-0.2, 0) is 0 Å². The number of benzene rings is 2. The molecule has 0 aliphatic carbocycles. The molecule has 180 valence electrons. The molecule has 2 aliphatic heterocycles. The Labute approximate surface area is 206 Å². The maximum Gasteiger partial charge on any atom is 0.263 e. The van der Waals surface area contributed by atoms with Crippen LogP contribution in [0, 0.1) is 5.82 Å². The predicted molar refractivity (Wildman–Crippen MR) is 140 cm³/mol. The lowest BCUT2D eigenvalue weighted by atomic mass is 10.0. The second kappa shape index (κ2) is 8.66. The fourth-order valence-electron chi connectivity index (χ4n) is 4.93. The van der Waals surface area contributed by atoms with Gasteiger partial charge in [-0.3, -0.25) is 4.79 Å². The Kier molecular flexibility index (Phi) is 5.46. The summed E-state index contributed by atoms with van der Waals surface area (Å²) in [6.45, 7) is 5.94. The molecule has 35 heavy (non-hydrogen) atoms. The summed E-state index contributed by atoms with van der Waals surface area (Å²) in [5.74, 6) is 0.243. The Bertz CT molecular complexity index is 1460. The van der Waals surface area contributed by atoms with Crippen molar-refractivity contribution in [2.45, 2.75) is 13.0 Å². The standard InChI is InChI=1S/C26H26FN5O2S/c1-14-13-29-24-23-15-3-4-19(31-18(15)5-6-22(23)35-25(24)26(33)30-14)16-11-21(34-2)20(12-17(16)27)32-9-7-28-8-10-32/h3-6,11-12,14,28-29H,7-10,13H2,1-2H3,(H,30,33)/t14-/m1/s1. The molecule has 2 aromatic heterocycles. The number of nitrogens with one attached hydrogen (secondary N) is 3. The zero-order valence-corrected chi connectivity index (χ0v) is 20.4. The highest BCUT2D eigenvalue weighted by Crippen LogP contribution is 2.42. The molecule has 0 saturated carbocycles. The van der Waals surface area contributed by atoms with Crippen LogP contribution in [0.4, 0.5) is 15.8 Å². The topological polar surface area (TPSA) is 78.5 Å². The van der Waals surface area contributed by atoms with Gasteiger partial charge >= 0.3 is 0 Å². The van der Waals surface area contributed by atoms with Crippen molar-refractivity contribution in [3.05, 3.63) is 47.1 Å². The van der Waals surface area contributed by atoms with Gasteiger partial charge in [-0.1, -0.05) is 0 Å². The van der Waals surface area contributed by atoms with Gasteiger partial charge in [0.05, 0.1) is 29.7 Å². The van der Waals surface area contributed by atoms with Crippen molar-refractivity contribution in [3.8, 4) is 17.0 Å². The van der Waals surface area contributed by atoms with E-state index in [0.29, 0.717) is 28.4 Å². The molecular formula is C26H26FN5O2S. The van der Waals surface area contributed by atoms with E-state index in [0.717, 1.165) is 58.5 Å². The van der Waals surface area contributed by atoms with Crippen LogP contribution in [0.1, 0.15) is 16.6 Å². The highest BCUT2D eigenvalue weighted by molar-refractivity contribution is 7.21. The van der Waals surface area contributed by atoms with E-state index in [1.54, 1.807) is 19.2 Å². The Balaban J connectivity index is 1.45. The van der Waals surface area contributed by atoms with E-state index in [-0.39, 0.29) is 17.8 Å². The lowest BCUT2D eigenvalue weighted by Crippen LogP contribution is -2.43. The van der Waals surface area contributed by atoms with Gasteiger partial charge in [-0.15, -0.1) is 11.3 Å². The maximum absolute atomic E-state index is 15.4. The SMILES string of the molecule is COc1cc(-c2ccc3c(ccc4sc5c(c43)NC[C@@H](C)NC5=O)n2)c(F)cc1N1CCNCC1. The number of halogens is 1. The number of piperazine rings is 1. The van der Waals surface area contributed by atoms with Crippen LogP contribution in [0.5, 0.6) is 5.75 Å². The normalized spacial score (nSPS) is 18.2. The van der Waals surface area contributed by atoms with Gasteiger partial charge in [-0.25, -0.2) is 9.37 Å². The first kappa shape index (κ1) is 22.1. The van der Waals surface area contributed by atoms with E-state index in [1.165, 1.54) is 11.3 Å². The Morgan fingerprint density at radius 2 is 2.00 bits per heavy atom. The Morgan fingerprint density at radius 3 is 2.80 bits per heavy atom. The summed E-state index contributed by atoms with van der Waals surface area (Å²) < 4.78 is 22.0. The molecule has 1 saturated heterocycles. The van der Waals surface area contributed by atoms with Crippen molar-refractivity contribution in [2.75, 3.05) is 50.1 Å². The zero-order valence-electron chi connectivity index (χ0n) is 19.6. The zero-order chi connectivity index (χ0) is 24.1. The summed E-state index contributed by atoms with van der Waals surface area (Å²) in [6, 6.07) is 11.1. The van der Waals surface area contributed by atoms with E-state index < -0.39 is 0 Å². The molecule has 2 aromatic carbocycles. The predicted octanol–water partition coefficient (Wildman–Crippen LogP) is 4.22. The van der Waals surface area contributed by atoms with Gasteiger partial charge in [-0.2, -0.15) is 0 Å². The van der Waals surface area contributed by atoms with Crippen LogP contribution in [0.2, 0.25) is 0 Å². The fraction of sp³-hybridized carbons (Fsp3) is 0.308. The molecule has 7 nitrogen and oxygen atoms in total. The quantitative estimate of drug-likeness (QED) is 0.398. The van der Waals surface area contributed by atoms with Crippen LogP contribution in [0.25, 0.3) is 32.2 Å². The number of carbonyl (C=O) groups is 1. The monoisotopic (exact) mass is 491 g/mol. The summed E-state index contributed by atoms with van der Waals surface area (Å²) in [5, 5.41) is 11.7. The minimum absolute atomic E-state index is 0.0407. The molecular weight excluding hydrogens is 465 g/mol. The maximum atomic E-state index is 15.4. The molecule has 0 unspecified atom stereocenters. The van der Waals surface area contributed by atoms with E-state index in [9.17, 15) is 4.79 Å². The number of pyridine rings is 1. The van der Waals surface area contributed by atoms with Crippen LogP contribution in [0.3, 0.4) is 0 Å². The summed E-state index contributed by atoms with van der Waals surface area (Å²) in [5.41, 5.74) is 3.30. The van der Waals surface area contributed by atoms with E-state index >= 15 is 4.39 Å². The molecule has 0 radical (unpaired) electrons. The van der Waals surface area contributed by atoms with Crippen molar-refractivity contribution in [2.24, 2.45) is 0 Å². The van der Waals surface area contributed by atoms with Gasteiger partial charge in [-0.05, 0) is 37.3 Å². The molecule has 1 atom stereocenters. The van der Waals surface area contributed by atoms with Gasteiger partial charge in [0.15, 0.2) is 0 Å². The van der Waals surface area contributed by atoms with Gasteiger partial charge in [0.2, 0.25) is 0 Å². The number of aromatic nitrogens is 1. The summed E-state index contributed by atoms with van der Waals surface area (Å²) in [6.07, 6.45) is 0. The summed E-state index contributed by atoms with van der Waals surface area (Å²) >= 11 is 1.47. The fourth-order valence-corrected chi connectivity index (χ4v) is 6.03. The van der Waals surface area contributed by atoms with Gasteiger partial charge < -0.3 is 25.6 Å². The first-order chi connectivity index (χ1) is 17.0. The second-order valence-corrected chi connectivity index (χ2v) is 10.1. The molecule has 3 N–H and O–H groups in total. The van der Waals surface area contributed by atoms with Crippen molar-refractivity contribution < 1.29 is 13.9 Å². The minimum atomic E-state index is -0.330. The van der Waals surface area contributed by atoms with Gasteiger partial charge in [0.25, 0.3) is 5.91 Å². The molecule has 6 rings (SSSR count). The number of nitrogens with zero attached hydrogens (tertiary/aromatic N) is 2. The average molecular weight is 492 g/mol. The van der Waals surface area contributed by atoms with Crippen LogP contribution < -0.4 is 25.6 Å². The average Bonchev–Trinajstić information content (AvgIpc) is 3.20. The van der Waals surface area contributed by atoms with Crippen LogP contribution in [0.15, 0.2) is 36.4 Å². The third-order valence-corrected chi connectivity index (χ3v) is 7.85. The first-order valence-corrected chi connectivity index (χ1v) is 12.6. The summed E-state index contributed by atoms with van der Waals surface area (Å²) in [4.78, 5) is 20.3. The van der Waals surface area contributed by atoms with E-state index in [1.807, 2.05) is 31.2 Å².